The number of carbonyl (C=O) groups is 1. The topological polar surface area (TPSA) is 67.8 Å². The summed E-state index contributed by atoms with van der Waals surface area (Å²) in [4.78, 5) is 10.7. The average molecular weight is 239 g/mol. The van der Waals surface area contributed by atoms with Gasteiger partial charge in [-0.25, -0.2) is 0 Å². The van der Waals surface area contributed by atoms with Gasteiger partial charge in [0.25, 0.3) is 0 Å². The molecule has 1 atom stereocenters. The van der Waals surface area contributed by atoms with Crippen LogP contribution in [-0.4, -0.2) is 31.3 Å². The molecule has 5 heteroatoms. The largest absolute Gasteiger partial charge is 0.497 e. The highest BCUT2D eigenvalue weighted by molar-refractivity contribution is 5.72. The molecular weight excluding hydrogens is 222 g/mol. The van der Waals surface area contributed by atoms with Crippen LogP contribution in [0.2, 0.25) is 0 Å². The van der Waals surface area contributed by atoms with Gasteiger partial charge >= 0.3 is 5.97 Å². The summed E-state index contributed by atoms with van der Waals surface area (Å²) in [6.07, 6.45) is 0. The minimum absolute atomic E-state index is 0.445. The van der Waals surface area contributed by atoms with E-state index in [1.165, 1.54) is 0 Å². The summed E-state index contributed by atoms with van der Waals surface area (Å²) < 4.78 is 10.3. The number of aliphatic carboxylic acids is 1. The van der Waals surface area contributed by atoms with E-state index >= 15 is 0 Å². The first kappa shape index (κ1) is 13.3. The first-order chi connectivity index (χ1) is 8.06. The van der Waals surface area contributed by atoms with Crippen LogP contribution in [0.25, 0.3) is 0 Å². The van der Waals surface area contributed by atoms with Gasteiger partial charge in [0.05, 0.1) is 14.2 Å². The smallest absolute Gasteiger partial charge is 0.320 e. The second-order valence-electron chi connectivity index (χ2n) is 3.66. The highest BCUT2D eigenvalue weighted by Gasteiger charge is 2.10. The van der Waals surface area contributed by atoms with Crippen LogP contribution in [0.3, 0.4) is 0 Å². The maximum Gasteiger partial charge on any atom is 0.320 e. The van der Waals surface area contributed by atoms with Crippen LogP contribution in [0, 0.1) is 0 Å². The fraction of sp³-hybridized carbons (Fsp3) is 0.417. The first-order valence-electron chi connectivity index (χ1n) is 5.25. The number of rotatable bonds is 6. The number of hydrogen-bond acceptors (Lipinski definition) is 4. The van der Waals surface area contributed by atoms with Crippen molar-refractivity contribution in [1.29, 1.82) is 0 Å². The van der Waals surface area contributed by atoms with Gasteiger partial charge in [0.15, 0.2) is 0 Å². The number of benzene rings is 1. The van der Waals surface area contributed by atoms with Crippen molar-refractivity contribution in [3.05, 3.63) is 23.8 Å². The van der Waals surface area contributed by atoms with E-state index in [2.05, 4.69) is 5.32 Å². The molecule has 5 nitrogen and oxygen atoms in total. The molecule has 0 aliphatic rings. The van der Waals surface area contributed by atoms with E-state index in [1.807, 2.05) is 12.1 Å². The Morgan fingerprint density at radius 1 is 1.29 bits per heavy atom. The fourth-order valence-electron chi connectivity index (χ4n) is 1.33. The van der Waals surface area contributed by atoms with Crippen LogP contribution >= 0.6 is 0 Å². The highest BCUT2D eigenvalue weighted by Crippen LogP contribution is 2.22. The zero-order valence-electron chi connectivity index (χ0n) is 10.2. The third kappa shape index (κ3) is 3.96. The molecule has 0 aromatic heterocycles. The zero-order valence-corrected chi connectivity index (χ0v) is 10.2. The maximum absolute atomic E-state index is 10.7. The van der Waals surface area contributed by atoms with Gasteiger partial charge in [-0.15, -0.1) is 0 Å². The lowest BCUT2D eigenvalue weighted by atomic mass is 10.2. The third-order valence-corrected chi connectivity index (χ3v) is 2.39. The van der Waals surface area contributed by atoms with E-state index in [1.54, 1.807) is 27.2 Å². The lowest BCUT2D eigenvalue weighted by molar-refractivity contribution is -0.139. The summed E-state index contributed by atoms with van der Waals surface area (Å²) in [6.45, 7) is 2.04. The summed E-state index contributed by atoms with van der Waals surface area (Å²) in [6, 6.07) is 4.85. The highest BCUT2D eigenvalue weighted by atomic mass is 16.5. The molecule has 0 spiro atoms. The van der Waals surface area contributed by atoms with Crippen molar-refractivity contribution in [2.45, 2.75) is 19.5 Å². The van der Waals surface area contributed by atoms with E-state index in [9.17, 15) is 4.79 Å². The minimum Gasteiger partial charge on any atom is -0.497 e. The van der Waals surface area contributed by atoms with Crippen LogP contribution in [0.1, 0.15) is 12.5 Å². The Labute approximate surface area is 100 Å². The predicted molar refractivity (Wildman–Crippen MR) is 63.5 cm³/mol. The molecule has 1 aromatic carbocycles. The molecule has 0 fully saturated rings. The fourth-order valence-corrected chi connectivity index (χ4v) is 1.33. The second kappa shape index (κ2) is 6.10. The lowest BCUT2D eigenvalue weighted by Crippen LogP contribution is -2.33. The molecule has 1 unspecified atom stereocenters. The molecule has 0 aliphatic carbocycles. The minimum atomic E-state index is -0.875. The van der Waals surface area contributed by atoms with E-state index < -0.39 is 12.0 Å². The molecule has 0 bridgehead atoms. The van der Waals surface area contributed by atoms with Gasteiger partial charge in [-0.3, -0.25) is 4.79 Å². The van der Waals surface area contributed by atoms with Gasteiger partial charge in [0.2, 0.25) is 0 Å². The Morgan fingerprint density at radius 3 is 2.24 bits per heavy atom. The summed E-state index contributed by atoms with van der Waals surface area (Å²) in [5.41, 5.74) is 0.911. The molecule has 0 heterocycles. The molecule has 17 heavy (non-hydrogen) atoms. The summed E-state index contributed by atoms with van der Waals surface area (Å²) in [7, 11) is 3.15. The van der Waals surface area contributed by atoms with Crippen molar-refractivity contribution in [3.63, 3.8) is 0 Å². The Kier molecular flexibility index (Phi) is 4.78. The van der Waals surface area contributed by atoms with Crippen molar-refractivity contribution < 1.29 is 19.4 Å². The Bertz CT molecular complexity index is 370. The van der Waals surface area contributed by atoms with Gasteiger partial charge < -0.3 is 19.9 Å². The number of carboxylic acid groups (broad SMARTS) is 1. The van der Waals surface area contributed by atoms with Crippen molar-refractivity contribution >= 4 is 5.97 Å². The van der Waals surface area contributed by atoms with Crippen LogP contribution in [0.15, 0.2) is 18.2 Å². The Morgan fingerprint density at radius 2 is 1.82 bits per heavy atom. The average Bonchev–Trinajstić information content (AvgIpc) is 2.35. The van der Waals surface area contributed by atoms with E-state index in [0.717, 1.165) is 5.56 Å². The standard InChI is InChI=1S/C12H17NO4/c1-8(12(14)15)13-7-9-4-10(16-2)6-11(5-9)17-3/h4-6,8,13H,7H2,1-3H3,(H,14,15). The van der Waals surface area contributed by atoms with Crippen molar-refractivity contribution in [3.8, 4) is 11.5 Å². The van der Waals surface area contributed by atoms with Crippen molar-refractivity contribution in [1.82, 2.24) is 5.32 Å². The maximum atomic E-state index is 10.7. The normalized spacial score (nSPS) is 11.9. The van der Waals surface area contributed by atoms with Crippen molar-refractivity contribution in [2.75, 3.05) is 14.2 Å². The molecule has 2 N–H and O–H groups in total. The van der Waals surface area contributed by atoms with Gasteiger partial charge in [-0.05, 0) is 24.6 Å². The number of carboxylic acids is 1. The molecule has 1 rings (SSSR count). The summed E-state index contributed by atoms with van der Waals surface area (Å²) in [5, 5.41) is 11.6. The second-order valence-corrected chi connectivity index (χ2v) is 3.66. The molecule has 1 aromatic rings. The zero-order chi connectivity index (χ0) is 12.8. The Balaban J connectivity index is 2.73. The van der Waals surface area contributed by atoms with Gasteiger partial charge in [0.1, 0.15) is 17.5 Å². The number of hydrogen-bond donors (Lipinski definition) is 2. The van der Waals surface area contributed by atoms with Crippen LogP contribution in [-0.2, 0) is 11.3 Å². The van der Waals surface area contributed by atoms with Crippen LogP contribution in [0.4, 0.5) is 0 Å². The monoisotopic (exact) mass is 239 g/mol. The van der Waals surface area contributed by atoms with E-state index in [4.69, 9.17) is 14.6 Å². The molecule has 0 saturated carbocycles. The molecule has 0 radical (unpaired) electrons. The number of methoxy groups -OCH3 is 2. The van der Waals surface area contributed by atoms with Gasteiger partial charge in [-0.1, -0.05) is 0 Å². The van der Waals surface area contributed by atoms with E-state index in [-0.39, 0.29) is 0 Å². The third-order valence-electron chi connectivity index (χ3n) is 2.39. The number of ether oxygens (including phenoxy) is 2. The predicted octanol–water partition coefficient (Wildman–Crippen LogP) is 1.27. The van der Waals surface area contributed by atoms with Crippen molar-refractivity contribution in [2.24, 2.45) is 0 Å². The molecule has 0 saturated heterocycles. The van der Waals surface area contributed by atoms with E-state index in [0.29, 0.717) is 18.0 Å². The van der Waals surface area contributed by atoms with Gasteiger partial charge in [-0.2, -0.15) is 0 Å². The van der Waals surface area contributed by atoms with Gasteiger partial charge in [0, 0.05) is 12.6 Å². The summed E-state index contributed by atoms with van der Waals surface area (Å²) >= 11 is 0. The molecule has 0 amide bonds. The quantitative estimate of drug-likeness (QED) is 0.782. The molecule has 0 aliphatic heterocycles. The molecular formula is C12H17NO4. The Hall–Kier alpha value is -1.75. The lowest BCUT2D eigenvalue weighted by Gasteiger charge is -2.11. The first-order valence-corrected chi connectivity index (χ1v) is 5.25. The van der Waals surface area contributed by atoms with Crippen LogP contribution in [0.5, 0.6) is 11.5 Å². The van der Waals surface area contributed by atoms with Crippen LogP contribution < -0.4 is 14.8 Å². The number of nitrogens with one attached hydrogen (secondary N) is 1. The summed E-state index contributed by atoms with van der Waals surface area (Å²) in [5.74, 6) is 0.494. The molecule has 94 valence electrons. The SMILES string of the molecule is COc1cc(CNC(C)C(=O)O)cc(OC)c1.